The minimum Gasteiger partial charge on any atom is -0.379 e. The van der Waals surface area contributed by atoms with E-state index >= 15 is 0 Å². The van der Waals surface area contributed by atoms with E-state index in [-0.39, 0.29) is 5.54 Å². The second-order valence-electron chi connectivity index (χ2n) is 5.28. The molecule has 0 spiro atoms. The third-order valence-electron chi connectivity index (χ3n) is 3.76. The second kappa shape index (κ2) is 4.97. The number of halogens is 2. The summed E-state index contributed by atoms with van der Waals surface area (Å²) in [6.45, 7) is 3.72. The summed E-state index contributed by atoms with van der Waals surface area (Å²) in [6, 6.07) is 5.76. The molecule has 3 nitrogen and oxygen atoms in total. The number of benzene rings is 1. The minimum absolute atomic E-state index is 0.0953. The van der Waals surface area contributed by atoms with Crippen LogP contribution in [0.1, 0.15) is 25.6 Å². The standard InChI is InChI=1S/C14H16Cl2N2O/c1-14(5-2-6-19-9-14)18-12-7-10(16)3-4-11(12)17-13(18)8-15/h3-4,7H,2,5-6,8-9H2,1H3. The van der Waals surface area contributed by atoms with E-state index in [0.717, 1.165) is 41.3 Å². The van der Waals surface area contributed by atoms with Crippen molar-refractivity contribution < 1.29 is 4.74 Å². The fraction of sp³-hybridized carbons (Fsp3) is 0.500. The van der Waals surface area contributed by atoms with Crippen molar-refractivity contribution in [1.29, 1.82) is 0 Å². The Labute approximate surface area is 122 Å². The molecule has 1 unspecified atom stereocenters. The van der Waals surface area contributed by atoms with Gasteiger partial charge in [-0.1, -0.05) is 11.6 Å². The molecule has 0 N–H and O–H groups in total. The van der Waals surface area contributed by atoms with Crippen molar-refractivity contribution >= 4 is 34.2 Å². The summed E-state index contributed by atoms with van der Waals surface area (Å²) >= 11 is 12.2. The van der Waals surface area contributed by atoms with Gasteiger partial charge in [0.2, 0.25) is 0 Å². The summed E-state index contributed by atoms with van der Waals surface area (Å²) in [5, 5.41) is 0.718. The molecule has 0 amide bonds. The van der Waals surface area contributed by atoms with Gasteiger partial charge in [0.15, 0.2) is 0 Å². The molecule has 2 heterocycles. The zero-order chi connectivity index (χ0) is 13.5. The molecule has 0 radical (unpaired) electrons. The average molecular weight is 299 g/mol. The molecule has 102 valence electrons. The SMILES string of the molecule is CC1(n2c(CCl)nc3ccc(Cl)cc32)CCCOC1. The third kappa shape index (κ3) is 2.24. The zero-order valence-corrected chi connectivity index (χ0v) is 12.3. The first-order valence-corrected chi connectivity index (χ1v) is 7.36. The van der Waals surface area contributed by atoms with Gasteiger partial charge in [-0.25, -0.2) is 4.98 Å². The number of aromatic nitrogens is 2. The lowest BCUT2D eigenvalue weighted by Crippen LogP contribution is -2.39. The Hall–Kier alpha value is -0.770. The number of hydrogen-bond donors (Lipinski definition) is 0. The molecule has 1 fully saturated rings. The number of alkyl halides is 1. The van der Waals surface area contributed by atoms with Crippen molar-refractivity contribution in [2.45, 2.75) is 31.2 Å². The Morgan fingerprint density at radius 3 is 3.00 bits per heavy atom. The van der Waals surface area contributed by atoms with E-state index < -0.39 is 0 Å². The van der Waals surface area contributed by atoms with Crippen LogP contribution >= 0.6 is 23.2 Å². The summed E-state index contributed by atoms with van der Waals surface area (Å²) in [5.74, 6) is 1.27. The van der Waals surface area contributed by atoms with Crippen molar-refractivity contribution in [2.75, 3.05) is 13.2 Å². The van der Waals surface area contributed by atoms with E-state index in [1.807, 2.05) is 18.2 Å². The molecule has 3 rings (SSSR count). The fourth-order valence-corrected chi connectivity index (χ4v) is 3.23. The smallest absolute Gasteiger partial charge is 0.125 e. The maximum absolute atomic E-state index is 6.12. The topological polar surface area (TPSA) is 27.1 Å². The van der Waals surface area contributed by atoms with Gasteiger partial charge in [0.05, 0.1) is 29.1 Å². The lowest BCUT2D eigenvalue weighted by Gasteiger charge is -2.36. The number of hydrogen-bond acceptors (Lipinski definition) is 2. The van der Waals surface area contributed by atoms with Crippen LogP contribution in [0.15, 0.2) is 18.2 Å². The van der Waals surface area contributed by atoms with Gasteiger partial charge >= 0.3 is 0 Å². The van der Waals surface area contributed by atoms with E-state index in [4.69, 9.17) is 27.9 Å². The molecule has 0 aliphatic carbocycles. The summed E-state index contributed by atoms with van der Waals surface area (Å²) in [4.78, 5) is 4.61. The van der Waals surface area contributed by atoms with Crippen LogP contribution in [-0.2, 0) is 16.2 Å². The lowest BCUT2D eigenvalue weighted by molar-refractivity contribution is 0.0104. The van der Waals surface area contributed by atoms with Crippen LogP contribution in [0.5, 0.6) is 0 Å². The highest BCUT2D eigenvalue weighted by Gasteiger charge is 2.33. The molecule has 1 atom stereocenters. The minimum atomic E-state index is -0.0953. The summed E-state index contributed by atoms with van der Waals surface area (Å²) in [7, 11) is 0. The van der Waals surface area contributed by atoms with E-state index in [2.05, 4.69) is 16.5 Å². The average Bonchev–Trinajstić information content (AvgIpc) is 2.78. The monoisotopic (exact) mass is 298 g/mol. The van der Waals surface area contributed by atoms with Crippen molar-refractivity contribution in [1.82, 2.24) is 9.55 Å². The largest absolute Gasteiger partial charge is 0.379 e. The highest BCUT2D eigenvalue weighted by Crippen LogP contribution is 2.33. The Bertz CT molecular complexity index is 603. The van der Waals surface area contributed by atoms with Crippen LogP contribution in [0.2, 0.25) is 5.02 Å². The molecule has 0 bridgehead atoms. The Kier molecular flexibility index (Phi) is 3.46. The molecular formula is C14H16Cl2N2O. The van der Waals surface area contributed by atoms with Crippen molar-refractivity contribution in [3.8, 4) is 0 Å². The molecule has 2 aromatic rings. The van der Waals surface area contributed by atoms with Gasteiger partial charge in [-0.15, -0.1) is 11.6 Å². The van der Waals surface area contributed by atoms with Gasteiger partial charge < -0.3 is 9.30 Å². The first kappa shape index (κ1) is 13.2. The molecule has 1 aromatic heterocycles. The van der Waals surface area contributed by atoms with Crippen molar-refractivity contribution in [2.24, 2.45) is 0 Å². The number of nitrogens with zero attached hydrogens (tertiary/aromatic N) is 2. The molecule has 5 heteroatoms. The molecule has 0 saturated carbocycles. The fourth-order valence-electron chi connectivity index (χ4n) is 2.89. The quantitative estimate of drug-likeness (QED) is 0.785. The van der Waals surface area contributed by atoms with Crippen LogP contribution < -0.4 is 0 Å². The van der Waals surface area contributed by atoms with Gasteiger partial charge in [-0.3, -0.25) is 0 Å². The van der Waals surface area contributed by atoms with Crippen LogP contribution in [0.3, 0.4) is 0 Å². The summed E-state index contributed by atoms with van der Waals surface area (Å²) in [5.41, 5.74) is 1.88. The summed E-state index contributed by atoms with van der Waals surface area (Å²) in [6.07, 6.45) is 2.12. The molecule has 1 saturated heterocycles. The molecule has 1 aliphatic heterocycles. The Balaban J connectivity index is 2.22. The maximum Gasteiger partial charge on any atom is 0.125 e. The van der Waals surface area contributed by atoms with E-state index in [1.54, 1.807) is 0 Å². The van der Waals surface area contributed by atoms with E-state index in [1.165, 1.54) is 0 Å². The van der Waals surface area contributed by atoms with Gasteiger partial charge in [0.1, 0.15) is 5.82 Å². The normalized spacial score (nSPS) is 23.9. The highest BCUT2D eigenvalue weighted by atomic mass is 35.5. The van der Waals surface area contributed by atoms with Crippen molar-refractivity contribution in [3.05, 3.63) is 29.0 Å². The van der Waals surface area contributed by atoms with E-state index in [9.17, 15) is 0 Å². The van der Waals surface area contributed by atoms with Gasteiger partial charge in [0.25, 0.3) is 0 Å². The maximum atomic E-state index is 6.12. The lowest BCUT2D eigenvalue weighted by atomic mass is 9.94. The Morgan fingerprint density at radius 2 is 2.32 bits per heavy atom. The zero-order valence-electron chi connectivity index (χ0n) is 10.8. The highest BCUT2D eigenvalue weighted by molar-refractivity contribution is 6.31. The predicted octanol–water partition coefficient (Wildman–Crippen LogP) is 3.95. The van der Waals surface area contributed by atoms with Crippen LogP contribution in [0.25, 0.3) is 11.0 Å². The number of ether oxygens (including phenoxy) is 1. The van der Waals surface area contributed by atoms with Gasteiger partial charge in [-0.05, 0) is 38.0 Å². The van der Waals surface area contributed by atoms with Crippen molar-refractivity contribution in [3.63, 3.8) is 0 Å². The van der Waals surface area contributed by atoms with Crippen LogP contribution in [0, 0.1) is 0 Å². The number of imidazole rings is 1. The number of rotatable bonds is 2. The first-order chi connectivity index (χ1) is 9.14. The Morgan fingerprint density at radius 1 is 1.47 bits per heavy atom. The first-order valence-electron chi connectivity index (χ1n) is 6.45. The van der Waals surface area contributed by atoms with Crippen LogP contribution in [0.4, 0.5) is 0 Å². The molecule has 1 aromatic carbocycles. The number of fused-ring (bicyclic) bond motifs is 1. The molecule has 19 heavy (non-hydrogen) atoms. The molecular weight excluding hydrogens is 283 g/mol. The third-order valence-corrected chi connectivity index (χ3v) is 4.24. The molecule has 1 aliphatic rings. The van der Waals surface area contributed by atoms with Gasteiger partial charge in [0, 0.05) is 11.6 Å². The summed E-state index contributed by atoms with van der Waals surface area (Å²) < 4.78 is 7.87. The second-order valence-corrected chi connectivity index (χ2v) is 5.99. The predicted molar refractivity (Wildman–Crippen MR) is 78.0 cm³/mol. The van der Waals surface area contributed by atoms with E-state index in [0.29, 0.717) is 12.5 Å². The van der Waals surface area contributed by atoms with Crippen LogP contribution in [-0.4, -0.2) is 22.8 Å². The van der Waals surface area contributed by atoms with Gasteiger partial charge in [-0.2, -0.15) is 0 Å².